The average molecular weight is 425 g/mol. The van der Waals surface area contributed by atoms with Crippen molar-refractivity contribution in [2.45, 2.75) is 23.6 Å². The van der Waals surface area contributed by atoms with Crippen molar-refractivity contribution in [3.05, 3.63) is 46.8 Å². The topological polar surface area (TPSA) is 84.9 Å². The molecule has 28 heavy (non-hydrogen) atoms. The maximum absolute atomic E-state index is 12.6. The van der Waals surface area contributed by atoms with Crippen LogP contribution < -0.4 is 10.1 Å². The molecule has 1 amide bonds. The lowest BCUT2D eigenvalue weighted by Crippen LogP contribution is -2.40. The van der Waals surface area contributed by atoms with Gasteiger partial charge in [0.2, 0.25) is 5.91 Å². The Morgan fingerprint density at radius 1 is 1.21 bits per heavy atom. The van der Waals surface area contributed by atoms with E-state index < -0.39 is 10.0 Å². The Balaban J connectivity index is 1.52. The van der Waals surface area contributed by atoms with Crippen LogP contribution in [0, 0.1) is 0 Å². The van der Waals surface area contributed by atoms with Gasteiger partial charge in [-0.1, -0.05) is 18.2 Å². The maximum Gasteiger partial charge on any atom is 0.252 e. The molecule has 0 saturated carbocycles. The number of amides is 1. The number of rotatable bonds is 8. The highest BCUT2D eigenvalue weighted by molar-refractivity contribution is 7.91. The van der Waals surface area contributed by atoms with E-state index >= 15 is 0 Å². The van der Waals surface area contributed by atoms with Gasteiger partial charge in [0.15, 0.2) is 0 Å². The van der Waals surface area contributed by atoms with E-state index in [0.29, 0.717) is 49.9 Å². The number of methoxy groups -OCH3 is 1. The van der Waals surface area contributed by atoms with Gasteiger partial charge in [-0.15, -0.1) is 11.3 Å². The molecule has 1 aliphatic rings. The van der Waals surface area contributed by atoms with E-state index in [1.54, 1.807) is 19.2 Å². The highest BCUT2D eigenvalue weighted by Gasteiger charge is 2.27. The number of nitrogens with one attached hydrogen (secondary N) is 1. The van der Waals surface area contributed by atoms with Crippen molar-refractivity contribution in [2.24, 2.45) is 0 Å². The third kappa shape index (κ3) is 5.11. The summed E-state index contributed by atoms with van der Waals surface area (Å²) in [6, 6.07) is 11.0. The minimum absolute atomic E-state index is 0.0862. The molecule has 0 aliphatic carbocycles. The summed E-state index contributed by atoms with van der Waals surface area (Å²) in [4.78, 5) is 13.0. The molecule has 1 aromatic carbocycles. The maximum atomic E-state index is 12.6. The number of carbonyl (C=O) groups is 1. The Kier molecular flexibility index (Phi) is 7.06. The van der Waals surface area contributed by atoms with Crippen LogP contribution >= 0.6 is 11.3 Å². The fourth-order valence-electron chi connectivity index (χ4n) is 2.94. The Labute approximate surface area is 169 Å². The van der Waals surface area contributed by atoms with E-state index in [-0.39, 0.29) is 5.91 Å². The molecule has 3 rings (SSSR count). The second-order valence-corrected chi connectivity index (χ2v) is 9.66. The Morgan fingerprint density at radius 3 is 2.71 bits per heavy atom. The van der Waals surface area contributed by atoms with Crippen LogP contribution in [0.1, 0.15) is 16.9 Å². The van der Waals surface area contributed by atoms with Crippen LogP contribution in [0.3, 0.4) is 0 Å². The number of ether oxygens (including phenoxy) is 2. The summed E-state index contributed by atoms with van der Waals surface area (Å²) in [5.41, 5.74) is 0.982. The number of nitrogens with zero attached hydrogens (tertiary/aromatic N) is 1. The summed E-state index contributed by atoms with van der Waals surface area (Å²) in [7, 11) is -1.88. The van der Waals surface area contributed by atoms with Crippen LogP contribution in [0.2, 0.25) is 0 Å². The molecule has 0 atom stereocenters. The van der Waals surface area contributed by atoms with Gasteiger partial charge in [-0.2, -0.15) is 4.31 Å². The standard InChI is InChI=1S/C19H24N2O5S2/c1-25-17-5-3-2-4-15(17)6-8-18(22)20-14-16-7-9-19(27-16)28(23,24)21-10-12-26-13-11-21/h2-5,7,9H,6,8,10-14H2,1H3,(H,20,22). The fourth-order valence-corrected chi connectivity index (χ4v) is 5.80. The van der Waals surface area contributed by atoms with E-state index in [1.807, 2.05) is 24.3 Å². The number of aryl methyl sites for hydroxylation is 1. The Bertz CT molecular complexity index is 905. The number of para-hydroxylation sites is 1. The monoisotopic (exact) mass is 424 g/mol. The first-order valence-corrected chi connectivity index (χ1v) is 11.3. The first-order valence-electron chi connectivity index (χ1n) is 9.06. The molecule has 1 N–H and O–H groups in total. The molecule has 0 bridgehead atoms. The highest BCUT2D eigenvalue weighted by Crippen LogP contribution is 2.25. The van der Waals surface area contributed by atoms with Crippen LogP contribution in [-0.4, -0.2) is 52.0 Å². The number of carbonyl (C=O) groups excluding carboxylic acids is 1. The second kappa shape index (κ2) is 9.51. The zero-order valence-electron chi connectivity index (χ0n) is 15.7. The molecule has 0 unspecified atom stereocenters. The minimum atomic E-state index is -3.49. The molecule has 1 fully saturated rings. The summed E-state index contributed by atoms with van der Waals surface area (Å²) >= 11 is 1.19. The molecule has 1 aliphatic heterocycles. The van der Waals surface area contributed by atoms with E-state index in [9.17, 15) is 13.2 Å². The molecule has 9 heteroatoms. The normalized spacial score (nSPS) is 15.3. The number of morpholine rings is 1. The molecule has 0 radical (unpaired) electrons. The zero-order chi connectivity index (χ0) is 20.0. The van der Waals surface area contributed by atoms with Crippen LogP contribution in [-0.2, 0) is 32.5 Å². The lowest BCUT2D eigenvalue weighted by Gasteiger charge is -2.25. The largest absolute Gasteiger partial charge is 0.496 e. The van der Waals surface area contributed by atoms with Gasteiger partial charge < -0.3 is 14.8 Å². The van der Waals surface area contributed by atoms with Crippen molar-refractivity contribution in [1.82, 2.24) is 9.62 Å². The number of hydrogen-bond acceptors (Lipinski definition) is 6. The van der Waals surface area contributed by atoms with Crippen molar-refractivity contribution in [1.29, 1.82) is 0 Å². The van der Waals surface area contributed by atoms with Gasteiger partial charge in [0.25, 0.3) is 10.0 Å². The van der Waals surface area contributed by atoms with Gasteiger partial charge in [0.1, 0.15) is 9.96 Å². The van der Waals surface area contributed by atoms with E-state index in [1.165, 1.54) is 15.6 Å². The van der Waals surface area contributed by atoms with E-state index in [0.717, 1.165) is 16.2 Å². The van der Waals surface area contributed by atoms with Gasteiger partial charge in [-0.3, -0.25) is 4.79 Å². The van der Waals surface area contributed by atoms with Crippen LogP contribution in [0.25, 0.3) is 0 Å². The highest BCUT2D eigenvalue weighted by atomic mass is 32.2. The number of hydrogen-bond donors (Lipinski definition) is 1. The van der Waals surface area contributed by atoms with Crippen molar-refractivity contribution in [3.8, 4) is 5.75 Å². The van der Waals surface area contributed by atoms with E-state index in [4.69, 9.17) is 9.47 Å². The Hall–Kier alpha value is -1.94. The van der Waals surface area contributed by atoms with Gasteiger partial charge in [0.05, 0.1) is 26.9 Å². The van der Waals surface area contributed by atoms with Gasteiger partial charge in [0, 0.05) is 24.4 Å². The predicted molar refractivity (Wildman–Crippen MR) is 107 cm³/mol. The summed E-state index contributed by atoms with van der Waals surface area (Å²) < 4.78 is 37.5. The summed E-state index contributed by atoms with van der Waals surface area (Å²) in [5, 5.41) is 2.85. The minimum Gasteiger partial charge on any atom is -0.496 e. The van der Waals surface area contributed by atoms with E-state index in [2.05, 4.69) is 5.32 Å². The lowest BCUT2D eigenvalue weighted by molar-refractivity contribution is -0.121. The molecule has 1 saturated heterocycles. The smallest absolute Gasteiger partial charge is 0.252 e. The number of sulfonamides is 1. The lowest BCUT2D eigenvalue weighted by atomic mass is 10.1. The third-order valence-corrected chi connectivity index (χ3v) is 7.93. The Morgan fingerprint density at radius 2 is 1.96 bits per heavy atom. The van der Waals surface area contributed by atoms with Crippen molar-refractivity contribution in [2.75, 3.05) is 33.4 Å². The summed E-state index contributed by atoms with van der Waals surface area (Å²) in [6.45, 7) is 1.89. The van der Waals surface area contributed by atoms with Gasteiger partial charge >= 0.3 is 0 Å². The SMILES string of the molecule is COc1ccccc1CCC(=O)NCc1ccc(S(=O)(=O)N2CCOCC2)s1. The van der Waals surface area contributed by atoms with Crippen LogP contribution in [0.15, 0.2) is 40.6 Å². The molecule has 2 heterocycles. The molecule has 152 valence electrons. The molecular formula is C19H24N2O5S2. The van der Waals surface area contributed by atoms with Gasteiger partial charge in [-0.25, -0.2) is 8.42 Å². The van der Waals surface area contributed by atoms with Crippen LogP contribution in [0.4, 0.5) is 0 Å². The van der Waals surface area contributed by atoms with Crippen molar-refractivity contribution < 1.29 is 22.7 Å². The van der Waals surface area contributed by atoms with Crippen molar-refractivity contribution in [3.63, 3.8) is 0 Å². The first-order chi connectivity index (χ1) is 13.5. The third-order valence-electron chi connectivity index (χ3n) is 4.47. The number of thiophene rings is 1. The molecule has 0 spiro atoms. The molecule has 1 aromatic heterocycles. The zero-order valence-corrected chi connectivity index (χ0v) is 17.4. The number of benzene rings is 1. The fraction of sp³-hybridized carbons (Fsp3) is 0.421. The molecule has 2 aromatic rings. The predicted octanol–water partition coefficient (Wildman–Crippen LogP) is 2.03. The molecule has 7 nitrogen and oxygen atoms in total. The summed E-state index contributed by atoms with van der Waals surface area (Å²) in [6.07, 6.45) is 0.918. The molecular weight excluding hydrogens is 400 g/mol. The summed E-state index contributed by atoms with van der Waals surface area (Å²) in [5.74, 6) is 0.684. The van der Waals surface area contributed by atoms with Crippen molar-refractivity contribution >= 4 is 27.3 Å². The van der Waals surface area contributed by atoms with Gasteiger partial charge in [-0.05, 0) is 30.2 Å². The second-order valence-electron chi connectivity index (χ2n) is 6.33. The van der Waals surface area contributed by atoms with Crippen LogP contribution in [0.5, 0.6) is 5.75 Å². The average Bonchev–Trinajstić information content (AvgIpc) is 3.21. The first kappa shape index (κ1) is 20.8. The quantitative estimate of drug-likeness (QED) is 0.701.